The van der Waals surface area contributed by atoms with Gasteiger partial charge in [-0.1, -0.05) is 243 Å². The Kier molecular flexibility index (Phi) is 11.3. The van der Waals surface area contributed by atoms with Crippen LogP contribution in [0.3, 0.4) is 0 Å². The van der Waals surface area contributed by atoms with Gasteiger partial charge in [-0.2, -0.15) is 0 Å². The fourth-order valence-electron chi connectivity index (χ4n) is 7.38. The second kappa shape index (κ2) is 17.7. The highest BCUT2D eigenvalue weighted by Gasteiger charge is 2.27. The molecule has 0 aliphatic carbocycles. The minimum atomic E-state index is 1.13. The summed E-state index contributed by atoms with van der Waals surface area (Å²) in [6.07, 6.45) is 4.70. The number of allylic oxidation sites excluding steroid dienone is 6. The Morgan fingerprint density at radius 2 is 0.393 bits per heavy atom. The zero-order chi connectivity index (χ0) is 37.8. The lowest BCUT2D eigenvalue weighted by Gasteiger charge is -2.27. The maximum Gasteiger partial charge on any atom is -0.00141 e. The van der Waals surface area contributed by atoms with E-state index in [9.17, 15) is 0 Å². The Morgan fingerprint density at radius 3 is 0.643 bits per heavy atom. The van der Waals surface area contributed by atoms with E-state index in [-0.39, 0.29) is 0 Å². The Balaban J connectivity index is 1.64. The average molecular weight is 715 g/mol. The summed E-state index contributed by atoms with van der Waals surface area (Å²) in [4.78, 5) is 0. The number of hydrogen-bond acceptors (Lipinski definition) is 0. The molecule has 0 saturated heterocycles. The lowest BCUT2D eigenvalue weighted by molar-refractivity contribution is 1.54. The van der Waals surface area contributed by atoms with Crippen molar-refractivity contribution in [2.45, 2.75) is 0 Å². The van der Waals surface area contributed by atoms with Gasteiger partial charge in [0.25, 0.3) is 0 Å². The SMILES string of the molecule is C(=C(/C(=C(/C(=C(/C(=C/c1ccccc1)c1ccccc1)c1ccccc1)c1ccccc1)c1ccccc1)c1ccccc1)c1ccccc1)\c1ccccc1. The van der Waals surface area contributed by atoms with Crippen LogP contribution in [0.1, 0.15) is 44.5 Å². The van der Waals surface area contributed by atoms with Crippen LogP contribution in [0.2, 0.25) is 0 Å². The second-order valence-electron chi connectivity index (χ2n) is 13.6. The van der Waals surface area contributed by atoms with E-state index < -0.39 is 0 Å². The van der Waals surface area contributed by atoms with Gasteiger partial charge in [0.2, 0.25) is 0 Å². The van der Waals surface area contributed by atoms with E-state index in [1.54, 1.807) is 0 Å². The molecule has 0 bridgehead atoms. The molecule has 0 saturated carbocycles. The standard InChI is InChI=1S/C56H42/c1-9-25-43(26-10-1)41-51(45-29-13-3-14-30-45)53(47-33-17-5-18-34-47)55(49-37-21-7-22-38-49)56(50-39-23-8-24-40-50)54(48-35-19-6-20-36-48)52(46-31-15-4-16-32-46)42-44-27-11-2-12-28-44/h1-42H/b51-41+,52-42+,55-53+,56-54+. The third kappa shape index (κ3) is 8.26. The van der Waals surface area contributed by atoms with E-state index in [4.69, 9.17) is 0 Å². The normalized spacial score (nSPS) is 12.7. The predicted molar refractivity (Wildman–Crippen MR) is 241 cm³/mol. The molecule has 0 unspecified atom stereocenters. The van der Waals surface area contributed by atoms with Gasteiger partial charge < -0.3 is 0 Å². The van der Waals surface area contributed by atoms with E-state index in [2.05, 4.69) is 255 Å². The average Bonchev–Trinajstić information content (AvgIpc) is 3.29. The summed E-state index contributed by atoms with van der Waals surface area (Å²) in [6.45, 7) is 0. The summed E-state index contributed by atoms with van der Waals surface area (Å²) in [7, 11) is 0. The van der Waals surface area contributed by atoms with Crippen LogP contribution in [0, 0.1) is 0 Å². The molecule has 0 fully saturated rings. The summed E-state index contributed by atoms with van der Waals surface area (Å²) in [6, 6.07) is 86.7. The minimum Gasteiger partial charge on any atom is -0.0622 e. The Hall–Kier alpha value is -7.28. The summed E-state index contributed by atoms with van der Waals surface area (Å²) < 4.78 is 0. The van der Waals surface area contributed by atoms with Crippen LogP contribution in [0.4, 0.5) is 0 Å². The Labute approximate surface area is 331 Å². The van der Waals surface area contributed by atoms with Crippen molar-refractivity contribution in [2.24, 2.45) is 0 Å². The number of hydrogen-bond donors (Lipinski definition) is 0. The van der Waals surface area contributed by atoms with E-state index in [1.165, 1.54) is 0 Å². The molecule has 0 amide bonds. The zero-order valence-corrected chi connectivity index (χ0v) is 31.2. The molecular weight excluding hydrogens is 673 g/mol. The molecule has 0 nitrogen and oxygen atoms in total. The van der Waals surface area contributed by atoms with Crippen molar-refractivity contribution in [2.75, 3.05) is 0 Å². The molecule has 0 N–H and O–H groups in total. The molecule has 0 aliphatic heterocycles. The summed E-state index contributed by atoms with van der Waals surface area (Å²) in [5, 5.41) is 0. The molecule has 0 aromatic heterocycles. The predicted octanol–water partition coefficient (Wildman–Crippen LogP) is 14.7. The van der Waals surface area contributed by atoms with Crippen LogP contribution >= 0.6 is 0 Å². The van der Waals surface area contributed by atoms with Crippen molar-refractivity contribution in [3.8, 4) is 0 Å². The first kappa shape index (κ1) is 35.7. The molecule has 0 radical (unpaired) electrons. The Morgan fingerprint density at radius 1 is 0.196 bits per heavy atom. The van der Waals surface area contributed by atoms with Crippen LogP contribution in [0.15, 0.2) is 243 Å². The molecular formula is C56H42. The van der Waals surface area contributed by atoms with Crippen molar-refractivity contribution in [1.29, 1.82) is 0 Å². The monoisotopic (exact) mass is 714 g/mol. The molecule has 56 heavy (non-hydrogen) atoms. The first-order valence-electron chi connectivity index (χ1n) is 19.2. The third-order valence-electron chi connectivity index (χ3n) is 9.93. The largest absolute Gasteiger partial charge is 0.0622 e. The van der Waals surface area contributed by atoms with E-state index in [0.29, 0.717) is 0 Å². The first-order chi connectivity index (χ1) is 27.8. The molecule has 0 heterocycles. The zero-order valence-electron chi connectivity index (χ0n) is 31.2. The topological polar surface area (TPSA) is 0 Å². The third-order valence-corrected chi connectivity index (χ3v) is 9.93. The van der Waals surface area contributed by atoms with Crippen LogP contribution in [-0.2, 0) is 0 Å². The van der Waals surface area contributed by atoms with Crippen molar-refractivity contribution in [1.82, 2.24) is 0 Å². The van der Waals surface area contributed by atoms with Gasteiger partial charge in [0.05, 0.1) is 0 Å². The second-order valence-corrected chi connectivity index (χ2v) is 13.6. The summed E-state index contributed by atoms with van der Waals surface area (Å²) in [5.41, 5.74) is 15.9. The molecule has 266 valence electrons. The lowest BCUT2D eigenvalue weighted by atomic mass is 9.76. The van der Waals surface area contributed by atoms with Crippen LogP contribution in [0.25, 0.3) is 45.6 Å². The van der Waals surface area contributed by atoms with Gasteiger partial charge in [-0.3, -0.25) is 0 Å². The van der Waals surface area contributed by atoms with Gasteiger partial charge in [0.1, 0.15) is 0 Å². The lowest BCUT2D eigenvalue weighted by Crippen LogP contribution is -2.04. The van der Waals surface area contributed by atoms with Crippen molar-refractivity contribution in [3.05, 3.63) is 287 Å². The van der Waals surface area contributed by atoms with Gasteiger partial charge in [-0.05, 0) is 90.1 Å². The van der Waals surface area contributed by atoms with Gasteiger partial charge in [0, 0.05) is 0 Å². The van der Waals surface area contributed by atoms with Crippen molar-refractivity contribution in [3.63, 3.8) is 0 Å². The van der Waals surface area contributed by atoms with Crippen LogP contribution in [-0.4, -0.2) is 0 Å². The molecule has 0 atom stereocenters. The molecule has 0 aliphatic rings. The minimum absolute atomic E-state index is 1.13. The molecule has 8 rings (SSSR count). The van der Waals surface area contributed by atoms with Crippen LogP contribution in [0.5, 0.6) is 0 Å². The quantitative estimate of drug-likeness (QED) is 0.0924. The maximum atomic E-state index is 2.35. The van der Waals surface area contributed by atoms with Gasteiger partial charge in [0.15, 0.2) is 0 Å². The molecule has 0 spiro atoms. The van der Waals surface area contributed by atoms with Crippen molar-refractivity contribution >= 4 is 45.6 Å². The highest BCUT2D eigenvalue weighted by atomic mass is 14.3. The van der Waals surface area contributed by atoms with E-state index >= 15 is 0 Å². The molecule has 8 aromatic rings. The molecule has 8 aromatic carbocycles. The summed E-state index contributed by atoms with van der Waals surface area (Å²) >= 11 is 0. The highest BCUT2D eigenvalue weighted by molar-refractivity contribution is 6.35. The fraction of sp³-hybridized carbons (Fsp3) is 0. The van der Waals surface area contributed by atoms with Gasteiger partial charge in [-0.15, -0.1) is 0 Å². The smallest absolute Gasteiger partial charge is 0.00141 e. The van der Waals surface area contributed by atoms with E-state index in [1.807, 2.05) is 0 Å². The van der Waals surface area contributed by atoms with Crippen molar-refractivity contribution < 1.29 is 0 Å². The van der Waals surface area contributed by atoms with Gasteiger partial charge in [-0.25, -0.2) is 0 Å². The number of rotatable bonds is 11. The van der Waals surface area contributed by atoms with E-state index in [0.717, 1.165) is 77.9 Å². The Bertz CT molecular complexity index is 2400. The fourth-order valence-corrected chi connectivity index (χ4v) is 7.38. The summed E-state index contributed by atoms with van der Waals surface area (Å²) in [5.74, 6) is 0. The number of benzene rings is 8. The first-order valence-corrected chi connectivity index (χ1v) is 19.2. The maximum absolute atomic E-state index is 2.35. The molecule has 0 heteroatoms. The van der Waals surface area contributed by atoms with Crippen LogP contribution < -0.4 is 0 Å². The van der Waals surface area contributed by atoms with Gasteiger partial charge >= 0.3 is 0 Å². The highest BCUT2D eigenvalue weighted by Crippen LogP contribution is 2.50.